The van der Waals surface area contributed by atoms with Crippen LogP contribution in [-0.2, 0) is 11.3 Å². The zero-order valence-electron chi connectivity index (χ0n) is 12.2. The van der Waals surface area contributed by atoms with Crippen LogP contribution in [0, 0.1) is 5.92 Å². The van der Waals surface area contributed by atoms with Crippen LogP contribution >= 0.6 is 0 Å². The molecule has 1 unspecified atom stereocenters. The first-order valence-electron chi connectivity index (χ1n) is 7.17. The van der Waals surface area contributed by atoms with Crippen molar-refractivity contribution in [1.29, 1.82) is 0 Å². The van der Waals surface area contributed by atoms with Gasteiger partial charge < -0.3 is 15.0 Å². The standard InChI is InChI=1S/C15H25N3O/c1-12(2)9-16-10-14-8-15(4-5-17-14)18-6-7-19-13(3)11-18/h4-5,8,12-13,16H,6-7,9-11H2,1-3H3. The summed E-state index contributed by atoms with van der Waals surface area (Å²) in [5.41, 5.74) is 2.36. The maximum Gasteiger partial charge on any atom is 0.0722 e. The van der Waals surface area contributed by atoms with E-state index >= 15 is 0 Å². The van der Waals surface area contributed by atoms with E-state index in [1.165, 1.54) is 5.69 Å². The molecule has 0 bridgehead atoms. The number of pyridine rings is 1. The summed E-state index contributed by atoms with van der Waals surface area (Å²) in [6, 6.07) is 4.27. The van der Waals surface area contributed by atoms with Crippen molar-refractivity contribution in [2.45, 2.75) is 33.4 Å². The van der Waals surface area contributed by atoms with Crippen LogP contribution in [0.1, 0.15) is 26.5 Å². The van der Waals surface area contributed by atoms with Gasteiger partial charge in [-0.05, 0) is 31.5 Å². The third-order valence-corrected chi connectivity index (χ3v) is 3.27. The molecular formula is C15H25N3O. The molecule has 1 aromatic rings. The van der Waals surface area contributed by atoms with E-state index < -0.39 is 0 Å². The van der Waals surface area contributed by atoms with Crippen molar-refractivity contribution in [2.24, 2.45) is 5.92 Å². The highest BCUT2D eigenvalue weighted by Gasteiger charge is 2.17. The molecule has 1 N–H and O–H groups in total. The van der Waals surface area contributed by atoms with E-state index in [9.17, 15) is 0 Å². The number of ether oxygens (including phenoxy) is 1. The van der Waals surface area contributed by atoms with Crippen molar-refractivity contribution in [3.8, 4) is 0 Å². The number of aromatic nitrogens is 1. The van der Waals surface area contributed by atoms with E-state index in [-0.39, 0.29) is 0 Å². The topological polar surface area (TPSA) is 37.4 Å². The quantitative estimate of drug-likeness (QED) is 0.882. The van der Waals surface area contributed by atoms with E-state index in [1.54, 1.807) is 0 Å². The van der Waals surface area contributed by atoms with Crippen molar-refractivity contribution in [2.75, 3.05) is 31.1 Å². The molecule has 1 aromatic heterocycles. The van der Waals surface area contributed by atoms with Crippen LogP contribution in [0.4, 0.5) is 5.69 Å². The lowest BCUT2D eigenvalue weighted by atomic mass is 10.2. The fourth-order valence-electron chi connectivity index (χ4n) is 2.30. The van der Waals surface area contributed by atoms with E-state index in [1.807, 2.05) is 6.20 Å². The molecule has 19 heavy (non-hydrogen) atoms. The normalized spacial score (nSPS) is 20.0. The van der Waals surface area contributed by atoms with Gasteiger partial charge in [-0.25, -0.2) is 0 Å². The molecule has 0 saturated carbocycles. The summed E-state index contributed by atoms with van der Waals surface area (Å²) in [6.45, 7) is 11.2. The van der Waals surface area contributed by atoms with Gasteiger partial charge in [0.1, 0.15) is 0 Å². The maximum atomic E-state index is 5.58. The Hall–Kier alpha value is -1.13. The number of rotatable bonds is 5. The molecule has 1 aliphatic heterocycles. The number of nitrogens with zero attached hydrogens (tertiary/aromatic N) is 2. The second kappa shape index (κ2) is 6.87. The molecule has 1 atom stereocenters. The van der Waals surface area contributed by atoms with Crippen LogP contribution in [0.3, 0.4) is 0 Å². The Morgan fingerprint density at radius 3 is 3.11 bits per heavy atom. The summed E-state index contributed by atoms with van der Waals surface area (Å²) in [5.74, 6) is 0.670. The number of hydrogen-bond donors (Lipinski definition) is 1. The number of hydrogen-bond acceptors (Lipinski definition) is 4. The average molecular weight is 263 g/mol. The van der Waals surface area contributed by atoms with Crippen LogP contribution in [0.2, 0.25) is 0 Å². The second-order valence-electron chi connectivity index (χ2n) is 5.66. The van der Waals surface area contributed by atoms with Crippen molar-refractivity contribution in [1.82, 2.24) is 10.3 Å². The number of nitrogens with one attached hydrogen (secondary N) is 1. The first-order chi connectivity index (χ1) is 9.15. The van der Waals surface area contributed by atoms with Gasteiger partial charge in [-0.1, -0.05) is 13.8 Å². The van der Waals surface area contributed by atoms with Crippen molar-refractivity contribution in [3.05, 3.63) is 24.0 Å². The predicted octanol–water partition coefficient (Wildman–Crippen LogP) is 2.05. The van der Waals surface area contributed by atoms with Crippen LogP contribution < -0.4 is 10.2 Å². The summed E-state index contributed by atoms with van der Waals surface area (Å²) < 4.78 is 5.58. The van der Waals surface area contributed by atoms with Gasteiger partial charge in [-0.3, -0.25) is 4.98 Å². The van der Waals surface area contributed by atoms with E-state index in [2.05, 4.69) is 48.1 Å². The molecule has 4 heteroatoms. The van der Waals surface area contributed by atoms with E-state index in [0.29, 0.717) is 12.0 Å². The van der Waals surface area contributed by atoms with Gasteiger partial charge in [0.05, 0.1) is 18.4 Å². The molecule has 4 nitrogen and oxygen atoms in total. The molecule has 0 aromatic carbocycles. The number of anilines is 1. The third kappa shape index (κ3) is 4.48. The van der Waals surface area contributed by atoms with E-state index in [4.69, 9.17) is 4.74 Å². The lowest BCUT2D eigenvalue weighted by molar-refractivity contribution is 0.0532. The fraction of sp³-hybridized carbons (Fsp3) is 0.667. The smallest absolute Gasteiger partial charge is 0.0722 e. The van der Waals surface area contributed by atoms with Crippen LogP contribution in [0.25, 0.3) is 0 Å². The molecule has 106 valence electrons. The highest BCUT2D eigenvalue weighted by molar-refractivity contribution is 5.47. The Labute approximate surface area is 116 Å². The minimum absolute atomic E-state index is 0.310. The van der Waals surface area contributed by atoms with Crippen molar-refractivity contribution in [3.63, 3.8) is 0 Å². The van der Waals surface area contributed by atoms with Gasteiger partial charge in [0.2, 0.25) is 0 Å². The van der Waals surface area contributed by atoms with Gasteiger partial charge in [0.15, 0.2) is 0 Å². The summed E-state index contributed by atoms with van der Waals surface area (Å²) in [7, 11) is 0. The van der Waals surface area contributed by atoms with E-state index in [0.717, 1.165) is 38.5 Å². The Bertz CT molecular complexity index is 395. The molecular weight excluding hydrogens is 238 g/mol. The largest absolute Gasteiger partial charge is 0.375 e. The van der Waals surface area contributed by atoms with Crippen LogP contribution in [0.15, 0.2) is 18.3 Å². The summed E-state index contributed by atoms with van der Waals surface area (Å²) >= 11 is 0. The van der Waals surface area contributed by atoms with Gasteiger partial charge in [-0.15, -0.1) is 0 Å². The third-order valence-electron chi connectivity index (χ3n) is 3.27. The van der Waals surface area contributed by atoms with Crippen LogP contribution in [0.5, 0.6) is 0 Å². The lowest BCUT2D eigenvalue weighted by Gasteiger charge is -2.33. The molecule has 0 aliphatic carbocycles. The SMILES string of the molecule is CC(C)CNCc1cc(N2CCOC(C)C2)ccn1. The zero-order chi connectivity index (χ0) is 13.7. The minimum atomic E-state index is 0.310. The molecule has 1 saturated heterocycles. The van der Waals surface area contributed by atoms with Gasteiger partial charge in [0, 0.05) is 31.5 Å². The van der Waals surface area contributed by atoms with Gasteiger partial charge in [0.25, 0.3) is 0 Å². The molecule has 2 heterocycles. The second-order valence-corrected chi connectivity index (χ2v) is 5.66. The highest BCUT2D eigenvalue weighted by Crippen LogP contribution is 2.17. The molecule has 0 amide bonds. The minimum Gasteiger partial charge on any atom is -0.375 e. The fourth-order valence-corrected chi connectivity index (χ4v) is 2.30. The zero-order valence-corrected chi connectivity index (χ0v) is 12.2. The highest BCUT2D eigenvalue weighted by atomic mass is 16.5. The Morgan fingerprint density at radius 1 is 1.53 bits per heavy atom. The molecule has 1 aliphatic rings. The van der Waals surface area contributed by atoms with Crippen molar-refractivity contribution < 1.29 is 4.74 Å². The molecule has 1 fully saturated rings. The summed E-state index contributed by atoms with van der Waals surface area (Å²) in [4.78, 5) is 6.81. The van der Waals surface area contributed by atoms with Gasteiger partial charge >= 0.3 is 0 Å². The Kier molecular flexibility index (Phi) is 5.16. The monoisotopic (exact) mass is 263 g/mol. The van der Waals surface area contributed by atoms with Crippen LogP contribution in [-0.4, -0.2) is 37.3 Å². The maximum absolute atomic E-state index is 5.58. The average Bonchev–Trinajstić information content (AvgIpc) is 2.39. The Balaban J connectivity index is 1.94. The first kappa shape index (κ1) is 14.3. The lowest BCUT2D eigenvalue weighted by Crippen LogP contribution is -2.41. The number of morpholine rings is 1. The summed E-state index contributed by atoms with van der Waals surface area (Å²) in [6.07, 6.45) is 2.21. The summed E-state index contributed by atoms with van der Waals surface area (Å²) in [5, 5.41) is 3.43. The predicted molar refractivity (Wildman–Crippen MR) is 78.4 cm³/mol. The Morgan fingerprint density at radius 2 is 2.37 bits per heavy atom. The molecule has 2 rings (SSSR count). The van der Waals surface area contributed by atoms with Gasteiger partial charge in [-0.2, -0.15) is 0 Å². The first-order valence-corrected chi connectivity index (χ1v) is 7.17. The van der Waals surface area contributed by atoms with Crippen molar-refractivity contribution >= 4 is 5.69 Å². The molecule has 0 radical (unpaired) electrons. The molecule has 0 spiro atoms.